The minimum atomic E-state index is -0.140. The van der Waals surface area contributed by atoms with Crippen LogP contribution in [0.25, 0.3) is 0 Å². The monoisotopic (exact) mass is 325 g/mol. The fraction of sp³-hybridized carbons (Fsp3) is 0.263. The number of anilines is 2. The van der Waals surface area contributed by atoms with E-state index in [-0.39, 0.29) is 18.4 Å². The highest BCUT2D eigenvalue weighted by Crippen LogP contribution is 2.11. The molecule has 0 heterocycles. The smallest absolute Gasteiger partial charge is 0.251 e. The van der Waals surface area contributed by atoms with Crippen LogP contribution in [0.5, 0.6) is 0 Å². The molecule has 2 amide bonds. The Morgan fingerprint density at radius 3 is 2.17 bits per heavy atom. The summed E-state index contributed by atoms with van der Waals surface area (Å²) in [5.41, 5.74) is 3.32. The molecule has 0 atom stereocenters. The standard InChI is InChI=1S/C19H23N3O2/c1-3-12-20-19(24)15-6-10-17(11-7-15)22-18(23)13-21-16-8-4-14(2)5-9-16/h4-11,21H,3,12-13H2,1-2H3,(H,20,24)(H,22,23). The summed E-state index contributed by atoms with van der Waals surface area (Å²) in [5, 5.41) is 8.68. The minimum Gasteiger partial charge on any atom is -0.376 e. The number of benzene rings is 2. The summed E-state index contributed by atoms with van der Waals surface area (Å²) in [6.07, 6.45) is 0.897. The highest BCUT2D eigenvalue weighted by molar-refractivity contribution is 5.96. The van der Waals surface area contributed by atoms with Crippen LogP contribution < -0.4 is 16.0 Å². The third kappa shape index (κ3) is 5.43. The minimum absolute atomic E-state index is 0.101. The molecular weight excluding hydrogens is 302 g/mol. The zero-order valence-corrected chi connectivity index (χ0v) is 14.1. The Balaban J connectivity index is 1.83. The van der Waals surface area contributed by atoms with E-state index in [2.05, 4.69) is 16.0 Å². The molecule has 3 N–H and O–H groups in total. The molecule has 0 aliphatic carbocycles. The third-order valence-corrected chi connectivity index (χ3v) is 3.47. The second kappa shape index (κ2) is 8.72. The second-order valence-corrected chi connectivity index (χ2v) is 5.60. The molecule has 0 spiro atoms. The van der Waals surface area contributed by atoms with Gasteiger partial charge < -0.3 is 16.0 Å². The number of rotatable bonds is 7. The molecular formula is C19H23N3O2. The molecule has 0 fully saturated rings. The first-order valence-electron chi connectivity index (χ1n) is 8.07. The van der Waals surface area contributed by atoms with Crippen LogP contribution in [0.1, 0.15) is 29.3 Å². The lowest BCUT2D eigenvalue weighted by Crippen LogP contribution is -2.24. The molecule has 126 valence electrons. The van der Waals surface area contributed by atoms with Crippen LogP contribution in [0.4, 0.5) is 11.4 Å². The van der Waals surface area contributed by atoms with E-state index >= 15 is 0 Å². The number of hydrogen-bond donors (Lipinski definition) is 3. The third-order valence-electron chi connectivity index (χ3n) is 3.47. The highest BCUT2D eigenvalue weighted by Gasteiger charge is 2.06. The van der Waals surface area contributed by atoms with E-state index in [0.29, 0.717) is 17.8 Å². The van der Waals surface area contributed by atoms with Crippen LogP contribution in [-0.2, 0) is 4.79 Å². The number of nitrogens with one attached hydrogen (secondary N) is 3. The van der Waals surface area contributed by atoms with Gasteiger partial charge in [-0.2, -0.15) is 0 Å². The molecule has 0 bridgehead atoms. The molecule has 5 heteroatoms. The van der Waals surface area contributed by atoms with Gasteiger partial charge in [-0.15, -0.1) is 0 Å². The number of amides is 2. The van der Waals surface area contributed by atoms with Gasteiger partial charge in [-0.05, 0) is 49.7 Å². The van der Waals surface area contributed by atoms with Gasteiger partial charge in [0, 0.05) is 23.5 Å². The zero-order chi connectivity index (χ0) is 17.4. The van der Waals surface area contributed by atoms with Gasteiger partial charge in [0.05, 0.1) is 6.54 Å². The quantitative estimate of drug-likeness (QED) is 0.732. The maximum absolute atomic E-state index is 12.0. The summed E-state index contributed by atoms with van der Waals surface area (Å²) in [7, 11) is 0. The van der Waals surface area contributed by atoms with Gasteiger partial charge in [-0.3, -0.25) is 9.59 Å². The largest absolute Gasteiger partial charge is 0.376 e. The van der Waals surface area contributed by atoms with Crippen molar-refractivity contribution in [2.45, 2.75) is 20.3 Å². The van der Waals surface area contributed by atoms with Gasteiger partial charge in [0.15, 0.2) is 0 Å². The summed E-state index contributed by atoms with van der Waals surface area (Å²) in [5.74, 6) is -0.241. The van der Waals surface area contributed by atoms with Crippen molar-refractivity contribution in [1.82, 2.24) is 5.32 Å². The van der Waals surface area contributed by atoms with Crippen molar-refractivity contribution in [3.8, 4) is 0 Å². The van der Waals surface area contributed by atoms with E-state index in [0.717, 1.165) is 12.1 Å². The maximum atomic E-state index is 12.0. The lowest BCUT2D eigenvalue weighted by Gasteiger charge is -2.09. The van der Waals surface area contributed by atoms with E-state index in [1.165, 1.54) is 5.56 Å². The zero-order valence-electron chi connectivity index (χ0n) is 14.1. The van der Waals surface area contributed by atoms with E-state index in [1.54, 1.807) is 24.3 Å². The molecule has 0 saturated heterocycles. The van der Waals surface area contributed by atoms with Crippen molar-refractivity contribution in [2.24, 2.45) is 0 Å². The predicted molar refractivity (Wildman–Crippen MR) is 97.4 cm³/mol. The van der Waals surface area contributed by atoms with E-state index in [9.17, 15) is 9.59 Å². The summed E-state index contributed by atoms with van der Waals surface area (Å²) >= 11 is 0. The molecule has 0 unspecified atom stereocenters. The molecule has 2 rings (SSSR count). The van der Waals surface area contributed by atoms with Crippen LogP contribution in [0.2, 0.25) is 0 Å². The van der Waals surface area contributed by atoms with Crippen LogP contribution in [0.15, 0.2) is 48.5 Å². The first-order chi connectivity index (χ1) is 11.6. The molecule has 0 aliphatic rings. The van der Waals surface area contributed by atoms with Crippen molar-refractivity contribution in [1.29, 1.82) is 0 Å². The van der Waals surface area contributed by atoms with Crippen molar-refractivity contribution in [3.63, 3.8) is 0 Å². The highest BCUT2D eigenvalue weighted by atomic mass is 16.2. The molecule has 0 aromatic heterocycles. The normalized spacial score (nSPS) is 10.1. The summed E-state index contributed by atoms with van der Waals surface area (Å²) in [4.78, 5) is 23.8. The van der Waals surface area contributed by atoms with E-state index < -0.39 is 0 Å². The van der Waals surface area contributed by atoms with Crippen molar-refractivity contribution in [2.75, 3.05) is 23.7 Å². The Labute approximate surface area is 142 Å². The average molecular weight is 325 g/mol. The van der Waals surface area contributed by atoms with Crippen molar-refractivity contribution in [3.05, 3.63) is 59.7 Å². The Morgan fingerprint density at radius 2 is 1.54 bits per heavy atom. The first kappa shape index (κ1) is 17.5. The fourth-order valence-electron chi connectivity index (χ4n) is 2.10. The van der Waals surface area contributed by atoms with Crippen molar-refractivity contribution < 1.29 is 9.59 Å². The van der Waals surface area contributed by atoms with E-state index in [4.69, 9.17) is 0 Å². The van der Waals surface area contributed by atoms with E-state index in [1.807, 2.05) is 38.1 Å². The van der Waals surface area contributed by atoms with Gasteiger partial charge in [-0.1, -0.05) is 24.6 Å². The van der Waals surface area contributed by atoms with Gasteiger partial charge in [-0.25, -0.2) is 0 Å². The number of carbonyl (C=O) groups is 2. The number of carbonyl (C=O) groups excluding carboxylic acids is 2. The predicted octanol–water partition coefficient (Wildman–Crippen LogP) is 3.19. The second-order valence-electron chi connectivity index (χ2n) is 5.60. The number of hydrogen-bond acceptors (Lipinski definition) is 3. The van der Waals surface area contributed by atoms with Gasteiger partial charge in [0.2, 0.25) is 5.91 Å². The molecule has 2 aromatic carbocycles. The van der Waals surface area contributed by atoms with Gasteiger partial charge in [0.1, 0.15) is 0 Å². The molecule has 24 heavy (non-hydrogen) atoms. The molecule has 0 aliphatic heterocycles. The summed E-state index contributed by atoms with van der Waals surface area (Å²) in [6.45, 7) is 4.86. The van der Waals surface area contributed by atoms with Crippen LogP contribution in [0, 0.1) is 6.92 Å². The lowest BCUT2D eigenvalue weighted by atomic mass is 10.2. The van der Waals surface area contributed by atoms with Crippen LogP contribution in [-0.4, -0.2) is 24.9 Å². The molecule has 2 aromatic rings. The van der Waals surface area contributed by atoms with Crippen LogP contribution >= 0.6 is 0 Å². The van der Waals surface area contributed by atoms with Gasteiger partial charge in [0.25, 0.3) is 5.91 Å². The SMILES string of the molecule is CCCNC(=O)c1ccc(NC(=O)CNc2ccc(C)cc2)cc1. The Kier molecular flexibility index (Phi) is 6.37. The molecule has 0 saturated carbocycles. The van der Waals surface area contributed by atoms with Gasteiger partial charge >= 0.3 is 0 Å². The number of aryl methyl sites for hydroxylation is 1. The first-order valence-corrected chi connectivity index (χ1v) is 8.07. The summed E-state index contributed by atoms with van der Waals surface area (Å²) in [6, 6.07) is 14.7. The average Bonchev–Trinajstić information content (AvgIpc) is 2.60. The maximum Gasteiger partial charge on any atom is 0.251 e. The topological polar surface area (TPSA) is 70.2 Å². The fourth-order valence-corrected chi connectivity index (χ4v) is 2.10. The Morgan fingerprint density at radius 1 is 0.917 bits per heavy atom. The van der Waals surface area contributed by atoms with Crippen molar-refractivity contribution >= 4 is 23.2 Å². The summed E-state index contributed by atoms with van der Waals surface area (Å²) < 4.78 is 0. The molecule has 5 nitrogen and oxygen atoms in total. The Hall–Kier alpha value is -2.82. The molecule has 0 radical (unpaired) electrons. The van der Waals surface area contributed by atoms with Crippen LogP contribution in [0.3, 0.4) is 0 Å². The Bertz CT molecular complexity index is 679. The lowest BCUT2D eigenvalue weighted by molar-refractivity contribution is -0.114.